The summed E-state index contributed by atoms with van der Waals surface area (Å²) in [5.41, 5.74) is -0.122. The Morgan fingerprint density at radius 3 is 2.71 bits per heavy atom. The minimum Gasteiger partial charge on any atom is -0.507 e. The smallest absolute Gasteiger partial charge is 0.470 e. The first-order valence-electron chi connectivity index (χ1n) is 5.35. The molecule has 1 aromatic heterocycles. The van der Waals surface area contributed by atoms with Crippen LogP contribution in [-0.2, 0) is 0 Å². The first kappa shape index (κ1) is 14.9. The van der Waals surface area contributed by atoms with Crippen LogP contribution in [0.25, 0.3) is 0 Å². The lowest BCUT2D eigenvalue weighted by molar-refractivity contribution is -0.394. The molecular weight excluding hydrogens is 323 g/mol. The third kappa shape index (κ3) is 3.36. The molecule has 0 bridgehead atoms. The van der Waals surface area contributed by atoms with Crippen molar-refractivity contribution in [2.75, 3.05) is 5.32 Å². The Morgan fingerprint density at radius 2 is 2.10 bits per heavy atom. The molecule has 0 fully saturated rings. The highest BCUT2D eigenvalue weighted by atomic mass is 35.5. The highest BCUT2D eigenvalue weighted by Crippen LogP contribution is 2.25. The Hall–Kier alpha value is -2.45. The van der Waals surface area contributed by atoms with Crippen LogP contribution in [0, 0.1) is 10.1 Å². The molecule has 108 valence electrons. The maximum atomic E-state index is 12.0. The summed E-state index contributed by atoms with van der Waals surface area (Å²) in [4.78, 5) is 28.5. The molecule has 10 heteroatoms. The molecule has 0 saturated carbocycles. The topological polar surface area (TPSA) is 118 Å². The molecule has 0 spiro atoms. The van der Waals surface area contributed by atoms with E-state index in [1.165, 1.54) is 18.2 Å². The Morgan fingerprint density at radius 1 is 1.38 bits per heavy atom. The molecular formula is C11H6Cl2N4O4. The van der Waals surface area contributed by atoms with Gasteiger partial charge in [-0.25, -0.2) is 0 Å². The van der Waals surface area contributed by atoms with Crippen molar-refractivity contribution in [1.82, 2.24) is 9.97 Å². The number of hydrogen-bond donors (Lipinski definition) is 2. The molecule has 21 heavy (non-hydrogen) atoms. The fourth-order valence-corrected chi connectivity index (χ4v) is 1.75. The van der Waals surface area contributed by atoms with Gasteiger partial charge in [0.1, 0.15) is 17.6 Å². The number of phenols is 1. The number of amides is 1. The van der Waals surface area contributed by atoms with Crippen molar-refractivity contribution in [3.05, 3.63) is 50.2 Å². The molecule has 1 amide bonds. The van der Waals surface area contributed by atoms with Gasteiger partial charge in [0.2, 0.25) is 5.15 Å². The molecule has 0 aliphatic rings. The maximum Gasteiger partial charge on any atom is 0.470 e. The summed E-state index contributed by atoms with van der Waals surface area (Å²) in [6.07, 6.45) is 0.993. The van der Waals surface area contributed by atoms with E-state index in [-0.39, 0.29) is 27.2 Å². The molecule has 0 aliphatic carbocycles. The van der Waals surface area contributed by atoms with Crippen molar-refractivity contribution in [3.63, 3.8) is 0 Å². The van der Waals surface area contributed by atoms with E-state index in [0.717, 1.165) is 6.20 Å². The molecule has 0 radical (unpaired) electrons. The summed E-state index contributed by atoms with van der Waals surface area (Å²) in [7, 11) is 0. The number of carbonyl (C=O) groups is 1. The molecule has 0 aliphatic heterocycles. The minimum atomic E-state index is -0.819. The van der Waals surface area contributed by atoms with E-state index in [9.17, 15) is 20.0 Å². The van der Waals surface area contributed by atoms with Crippen molar-refractivity contribution in [2.45, 2.75) is 0 Å². The van der Waals surface area contributed by atoms with Crippen molar-refractivity contribution >= 4 is 40.7 Å². The summed E-state index contributed by atoms with van der Waals surface area (Å²) >= 11 is 11.5. The molecule has 0 saturated heterocycles. The van der Waals surface area contributed by atoms with Crippen LogP contribution in [0.5, 0.6) is 5.75 Å². The third-order valence-electron chi connectivity index (χ3n) is 2.34. The van der Waals surface area contributed by atoms with Crippen LogP contribution in [0.4, 0.5) is 11.6 Å². The summed E-state index contributed by atoms with van der Waals surface area (Å²) in [5.74, 6) is -1.69. The van der Waals surface area contributed by atoms with Gasteiger partial charge in [0, 0.05) is 5.02 Å². The molecule has 2 N–H and O–H groups in total. The monoisotopic (exact) mass is 328 g/mol. The number of phenolic OH excluding ortho intramolecular Hbond substituents is 1. The number of carbonyl (C=O) groups excluding carboxylic acids is 1. The second kappa shape index (κ2) is 5.90. The lowest BCUT2D eigenvalue weighted by Gasteiger charge is -2.06. The largest absolute Gasteiger partial charge is 0.507 e. The van der Waals surface area contributed by atoms with Gasteiger partial charge < -0.3 is 20.5 Å². The third-order valence-corrected chi connectivity index (χ3v) is 2.87. The molecule has 0 unspecified atom stereocenters. The summed E-state index contributed by atoms with van der Waals surface area (Å²) < 4.78 is 0. The average Bonchev–Trinajstić information content (AvgIpc) is 2.43. The fraction of sp³-hybridized carbons (Fsp3) is 0. The van der Waals surface area contributed by atoms with E-state index in [2.05, 4.69) is 15.3 Å². The summed E-state index contributed by atoms with van der Waals surface area (Å²) in [6, 6.07) is 3.92. The first-order chi connectivity index (χ1) is 9.88. The van der Waals surface area contributed by atoms with Crippen molar-refractivity contribution in [3.8, 4) is 5.75 Å². The summed E-state index contributed by atoms with van der Waals surface area (Å²) in [5, 5.41) is 22.4. The maximum absolute atomic E-state index is 12.0. The fourth-order valence-electron chi connectivity index (χ4n) is 1.40. The molecule has 2 aromatic rings. The quantitative estimate of drug-likeness (QED) is 0.508. The first-order valence-corrected chi connectivity index (χ1v) is 6.11. The standard InChI is InChI=1S/C11H6Cl2N4O4/c12-5-1-2-8(18)6(3-5)10(19)15-7-4-14-11(17(20)21)16-9(7)13/h1-4,18H,(H,15,19). The number of nitro groups is 1. The molecule has 0 atom stereocenters. The van der Waals surface area contributed by atoms with Gasteiger partial charge in [-0.3, -0.25) is 4.79 Å². The second-order valence-electron chi connectivity index (χ2n) is 3.75. The van der Waals surface area contributed by atoms with Crippen LogP contribution in [0.3, 0.4) is 0 Å². The molecule has 1 heterocycles. The lowest BCUT2D eigenvalue weighted by Crippen LogP contribution is -2.13. The van der Waals surface area contributed by atoms with E-state index >= 15 is 0 Å². The van der Waals surface area contributed by atoms with Crippen molar-refractivity contribution < 1.29 is 14.8 Å². The van der Waals surface area contributed by atoms with Crippen LogP contribution in [-0.4, -0.2) is 25.9 Å². The van der Waals surface area contributed by atoms with Gasteiger partial charge in [0.25, 0.3) is 5.91 Å². The van der Waals surface area contributed by atoms with Crippen LogP contribution < -0.4 is 5.32 Å². The summed E-state index contributed by atoms with van der Waals surface area (Å²) in [6.45, 7) is 0. The zero-order valence-electron chi connectivity index (χ0n) is 10.1. The Bertz CT molecular complexity index is 738. The van der Waals surface area contributed by atoms with Crippen LogP contribution in [0.2, 0.25) is 10.2 Å². The van der Waals surface area contributed by atoms with Gasteiger partial charge >= 0.3 is 5.95 Å². The van der Waals surface area contributed by atoms with Crippen LogP contribution in [0.1, 0.15) is 10.4 Å². The van der Waals surface area contributed by atoms with Gasteiger partial charge in [-0.1, -0.05) is 21.6 Å². The second-order valence-corrected chi connectivity index (χ2v) is 4.54. The van der Waals surface area contributed by atoms with E-state index in [0.29, 0.717) is 0 Å². The highest BCUT2D eigenvalue weighted by Gasteiger charge is 2.19. The van der Waals surface area contributed by atoms with E-state index < -0.39 is 16.8 Å². The van der Waals surface area contributed by atoms with Gasteiger partial charge in [-0.15, -0.1) is 0 Å². The number of nitrogens with one attached hydrogen (secondary N) is 1. The van der Waals surface area contributed by atoms with Crippen molar-refractivity contribution in [1.29, 1.82) is 0 Å². The van der Waals surface area contributed by atoms with E-state index in [1.54, 1.807) is 0 Å². The number of rotatable bonds is 3. The Kier molecular flexibility index (Phi) is 4.20. The predicted octanol–water partition coefficient (Wildman–Crippen LogP) is 2.65. The normalized spacial score (nSPS) is 10.2. The SMILES string of the molecule is O=C(Nc1cnc([N+](=O)[O-])nc1Cl)c1cc(Cl)ccc1O. The number of anilines is 1. The number of nitrogens with zero attached hydrogens (tertiary/aromatic N) is 3. The van der Waals surface area contributed by atoms with Gasteiger partial charge in [-0.2, -0.15) is 0 Å². The van der Waals surface area contributed by atoms with Crippen LogP contribution in [0.15, 0.2) is 24.4 Å². The van der Waals surface area contributed by atoms with Gasteiger partial charge in [0.15, 0.2) is 0 Å². The number of hydrogen-bond acceptors (Lipinski definition) is 6. The zero-order chi connectivity index (χ0) is 15.6. The van der Waals surface area contributed by atoms with E-state index in [1.807, 2.05) is 0 Å². The van der Waals surface area contributed by atoms with Crippen molar-refractivity contribution in [2.24, 2.45) is 0 Å². The van der Waals surface area contributed by atoms with Gasteiger partial charge in [-0.05, 0) is 34.7 Å². The molecule has 2 rings (SSSR count). The zero-order valence-corrected chi connectivity index (χ0v) is 11.6. The van der Waals surface area contributed by atoms with Crippen LogP contribution >= 0.6 is 23.2 Å². The Labute approximate surface area is 127 Å². The number of aromatic hydroxyl groups is 1. The van der Waals surface area contributed by atoms with E-state index in [4.69, 9.17) is 23.2 Å². The molecule has 8 nitrogen and oxygen atoms in total. The Balaban J connectivity index is 2.27. The lowest BCUT2D eigenvalue weighted by atomic mass is 10.2. The average molecular weight is 329 g/mol. The number of halogens is 2. The van der Waals surface area contributed by atoms with Gasteiger partial charge in [0.05, 0.1) is 5.56 Å². The predicted molar refractivity (Wildman–Crippen MR) is 74.8 cm³/mol. The number of aromatic nitrogens is 2. The number of benzene rings is 1. The molecule has 1 aromatic carbocycles. The minimum absolute atomic E-state index is 0.0355. The highest BCUT2D eigenvalue weighted by molar-refractivity contribution is 6.33.